The Morgan fingerprint density at radius 1 is 1.47 bits per heavy atom. The number of carbonyl (C=O) groups is 1. The summed E-state index contributed by atoms with van der Waals surface area (Å²) in [5, 5.41) is 2.70. The first-order chi connectivity index (χ1) is 8.16. The second-order valence-electron chi connectivity index (χ2n) is 3.44. The molecule has 0 fully saturated rings. The minimum absolute atomic E-state index is 0.121. The summed E-state index contributed by atoms with van der Waals surface area (Å²) in [6.45, 7) is 1.83. The highest BCUT2D eigenvalue weighted by Crippen LogP contribution is 2.28. The number of aromatic nitrogens is 2. The number of thiophene rings is 1. The molecule has 2 aromatic heterocycles. The summed E-state index contributed by atoms with van der Waals surface area (Å²) in [4.78, 5) is 20.7. The van der Waals surface area contributed by atoms with Gasteiger partial charge in [0.25, 0.3) is 0 Å². The second kappa shape index (κ2) is 5.25. The summed E-state index contributed by atoms with van der Waals surface area (Å²) < 4.78 is 0.680. The average Bonchev–Trinajstić information content (AvgIpc) is 2.76. The van der Waals surface area contributed by atoms with Gasteiger partial charge in [-0.3, -0.25) is 9.78 Å². The van der Waals surface area contributed by atoms with Crippen LogP contribution in [0.4, 0.5) is 5.82 Å². The molecule has 0 radical (unpaired) electrons. The van der Waals surface area contributed by atoms with Crippen LogP contribution in [0.5, 0.6) is 0 Å². The molecule has 2 aromatic rings. The quantitative estimate of drug-likeness (QED) is 0.930. The summed E-state index contributed by atoms with van der Waals surface area (Å²) in [5.41, 5.74) is 0. The van der Waals surface area contributed by atoms with Crippen molar-refractivity contribution in [3.8, 4) is 0 Å². The van der Waals surface area contributed by atoms with Crippen LogP contribution in [0.15, 0.2) is 30.7 Å². The van der Waals surface area contributed by atoms with E-state index in [1.807, 2.05) is 13.0 Å². The molecule has 6 heteroatoms. The summed E-state index contributed by atoms with van der Waals surface area (Å²) in [6, 6.07) is 3.64. The van der Waals surface area contributed by atoms with Gasteiger partial charge in [-0.2, -0.15) is 0 Å². The first-order valence-electron chi connectivity index (χ1n) is 4.99. The third-order valence-electron chi connectivity index (χ3n) is 2.23. The molecule has 0 unspecified atom stereocenters. The number of hydrogen-bond acceptors (Lipinski definition) is 4. The van der Waals surface area contributed by atoms with Crippen molar-refractivity contribution < 1.29 is 4.79 Å². The number of nitrogens with one attached hydrogen (secondary N) is 1. The van der Waals surface area contributed by atoms with Crippen LogP contribution in [0.1, 0.15) is 17.7 Å². The summed E-state index contributed by atoms with van der Waals surface area (Å²) in [7, 11) is 0. The van der Waals surface area contributed by atoms with Crippen molar-refractivity contribution in [2.24, 2.45) is 0 Å². The monoisotopic (exact) mass is 267 g/mol. The first-order valence-corrected chi connectivity index (χ1v) is 6.18. The molecule has 0 aliphatic heterocycles. The lowest BCUT2D eigenvalue weighted by Crippen LogP contribution is -2.18. The lowest BCUT2D eigenvalue weighted by Gasteiger charge is -2.09. The third-order valence-corrected chi connectivity index (χ3v) is 3.64. The summed E-state index contributed by atoms with van der Waals surface area (Å²) >= 11 is 7.24. The Morgan fingerprint density at radius 3 is 2.88 bits per heavy atom. The first kappa shape index (κ1) is 12.0. The van der Waals surface area contributed by atoms with Crippen molar-refractivity contribution in [3.05, 3.63) is 39.9 Å². The van der Waals surface area contributed by atoms with Gasteiger partial charge in [0.15, 0.2) is 5.82 Å². The van der Waals surface area contributed by atoms with Gasteiger partial charge in [0, 0.05) is 17.3 Å². The van der Waals surface area contributed by atoms with E-state index in [-0.39, 0.29) is 11.8 Å². The van der Waals surface area contributed by atoms with Gasteiger partial charge in [0.05, 0.1) is 16.5 Å². The van der Waals surface area contributed by atoms with Crippen molar-refractivity contribution in [1.29, 1.82) is 0 Å². The van der Waals surface area contributed by atoms with Crippen LogP contribution in [0, 0.1) is 0 Å². The van der Waals surface area contributed by atoms with E-state index in [1.54, 1.807) is 12.3 Å². The van der Waals surface area contributed by atoms with Crippen LogP contribution in [0.3, 0.4) is 0 Å². The van der Waals surface area contributed by atoms with E-state index in [4.69, 9.17) is 11.6 Å². The Balaban J connectivity index is 2.06. The molecule has 0 bridgehead atoms. The summed E-state index contributed by atoms with van der Waals surface area (Å²) in [6.07, 6.45) is 4.59. The Bertz CT molecular complexity index is 514. The van der Waals surface area contributed by atoms with Crippen molar-refractivity contribution in [2.75, 3.05) is 5.32 Å². The number of halogens is 1. The topological polar surface area (TPSA) is 54.9 Å². The minimum atomic E-state index is -0.255. The van der Waals surface area contributed by atoms with E-state index in [0.29, 0.717) is 10.2 Å². The highest BCUT2D eigenvalue weighted by atomic mass is 35.5. The fourth-order valence-electron chi connectivity index (χ4n) is 1.29. The van der Waals surface area contributed by atoms with Crippen LogP contribution >= 0.6 is 22.9 Å². The van der Waals surface area contributed by atoms with Crippen LogP contribution in [0.2, 0.25) is 4.34 Å². The van der Waals surface area contributed by atoms with E-state index >= 15 is 0 Å². The maximum absolute atomic E-state index is 11.9. The largest absolute Gasteiger partial charge is 0.309 e. The van der Waals surface area contributed by atoms with E-state index in [2.05, 4.69) is 15.3 Å². The Hall–Kier alpha value is -1.46. The number of hydrogen-bond donors (Lipinski definition) is 1. The molecular weight excluding hydrogens is 258 g/mol. The maximum atomic E-state index is 11.9. The smallest absolute Gasteiger partial charge is 0.233 e. The molecule has 0 aliphatic rings. The molecule has 0 aromatic carbocycles. The number of anilines is 1. The van der Waals surface area contributed by atoms with Crippen LogP contribution < -0.4 is 5.32 Å². The second-order valence-corrected chi connectivity index (χ2v) is 5.19. The van der Waals surface area contributed by atoms with Crippen LogP contribution in [0.25, 0.3) is 0 Å². The molecule has 2 rings (SSSR count). The van der Waals surface area contributed by atoms with Crippen molar-refractivity contribution in [2.45, 2.75) is 12.8 Å². The highest BCUT2D eigenvalue weighted by molar-refractivity contribution is 7.16. The van der Waals surface area contributed by atoms with Gasteiger partial charge in [0.2, 0.25) is 5.91 Å². The Labute approximate surface area is 108 Å². The lowest BCUT2D eigenvalue weighted by molar-refractivity contribution is -0.117. The predicted molar refractivity (Wildman–Crippen MR) is 68.4 cm³/mol. The van der Waals surface area contributed by atoms with Gasteiger partial charge in [-0.1, -0.05) is 11.6 Å². The lowest BCUT2D eigenvalue weighted by atomic mass is 10.1. The van der Waals surface area contributed by atoms with E-state index in [9.17, 15) is 4.79 Å². The third kappa shape index (κ3) is 3.01. The van der Waals surface area contributed by atoms with E-state index < -0.39 is 0 Å². The fourth-order valence-corrected chi connectivity index (χ4v) is 2.40. The van der Waals surface area contributed by atoms with E-state index in [1.165, 1.54) is 23.7 Å². The molecule has 1 amide bonds. The molecule has 17 heavy (non-hydrogen) atoms. The van der Waals surface area contributed by atoms with Gasteiger partial charge >= 0.3 is 0 Å². The molecular formula is C11H10ClN3OS. The van der Waals surface area contributed by atoms with Crippen molar-refractivity contribution >= 4 is 34.7 Å². The van der Waals surface area contributed by atoms with Gasteiger partial charge < -0.3 is 5.32 Å². The zero-order valence-electron chi connectivity index (χ0n) is 9.05. The highest BCUT2D eigenvalue weighted by Gasteiger charge is 2.17. The van der Waals surface area contributed by atoms with Crippen LogP contribution in [-0.4, -0.2) is 15.9 Å². The fraction of sp³-hybridized carbons (Fsp3) is 0.182. The Kier molecular flexibility index (Phi) is 3.71. The van der Waals surface area contributed by atoms with Gasteiger partial charge in [0.1, 0.15) is 0 Å². The van der Waals surface area contributed by atoms with Crippen LogP contribution in [-0.2, 0) is 4.79 Å². The van der Waals surface area contributed by atoms with Gasteiger partial charge in [-0.05, 0) is 19.1 Å². The molecule has 0 saturated heterocycles. The molecule has 4 nitrogen and oxygen atoms in total. The normalized spacial score (nSPS) is 12.1. The molecule has 0 spiro atoms. The number of rotatable bonds is 3. The zero-order chi connectivity index (χ0) is 12.3. The van der Waals surface area contributed by atoms with Crippen molar-refractivity contribution in [3.63, 3.8) is 0 Å². The minimum Gasteiger partial charge on any atom is -0.309 e. The molecule has 88 valence electrons. The van der Waals surface area contributed by atoms with Crippen molar-refractivity contribution in [1.82, 2.24) is 9.97 Å². The number of amides is 1. The zero-order valence-corrected chi connectivity index (χ0v) is 10.6. The number of carbonyl (C=O) groups excluding carboxylic acids is 1. The average molecular weight is 268 g/mol. The standard InChI is InChI=1S/C11H10ClN3OS/c1-7(8-2-3-9(12)17-8)11(16)15-10-6-13-4-5-14-10/h2-7H,1H3,(H,14,15,16)/t7-/m0/s1. The Morgan fingerprint density at radius 2 is 2.29 bits per heavy atom. The number of nitrogens with zero attached hydrogens (tertiary/aromatic N) is 2. The van der Waals surface area contributed by atoms with Gasteiger partial charge in [-0.25, -0.2) is 4.98 Å². The molecule has 1 N–H and O–H groups in total. The SMILES string of the molecule is C[C@H](C(=O)Nc1cnccn1)c1ccc(Cl)s1. The summed E-state index contributed by atoms with van der Waals surface area (Å²) in [5.74, 6) is 0.0746. The molecule has 0 aliphatic carbocycles. The van der Waals surface area contributed by atoms with Gasteiger partial charge in [-0.15, -0.1) is 11.3 Å². The maximum Gasteiger partial charge on any atom is 0.233 e. The molecule has 1 atom stereocenters. The molecule has 2 heterocycles. The molecule has 0 saturated carbocycles. The predicted octanol–water partition coefficient (Wildman–Crippen LogP) is 2.93. The van der Waals surface area contributed by atoms with E-state index in [0.717, 1.165) is 4.88 Å².